The predicted octanol–water partition coefficient (Wildman–Crippen LogP) is 1.18. The van der Waals surface area contributed by atoms with Crippen LogP contribution in [-0.4, -0.2) is 45.1 Å². The van der Waals surface area contributed by atoms with E-state index < -0.39 is 0 Å². The maximum absolute atomic E-state index is 12.6. The fourth-order valence-corrected chi connectivity index (χ4v) is 2.78. The van der Waals surface area contributed by atoms with Gasteiger partial charge >= 0.3 is 0 Å². The van der Waals surface area contributed by atoms with Crippen LogP contribution in [0.3, 0.4) is 0 Å². The van der Waals surface area contributed by atoms with Crippen LogP contribution in [0.15, 0.2) is 18.5 Å². The molecule has 1 fully saturated rings. The van der Waals surface area contributed by atoms with Crippen LogP contribution in [0.4, 0.5) is 0 Å². The summed E-state index contributed by atoms with van der Waals surface area (Å²) in [6, 6.07) is 1.15. The molecule has 1 aliphatic heterocycles. The molecule has 0 bridgehead atoms. The lowest BCUT2D eigenvalue weighted by atomic mass is 10.0. The van der Waals surface area contributed by atoms with Gasteiger partial charge in [0.25, 0.3) is 0 Å². The molecule has 0 spiro atoms. The van der Waals surface area contributed by atoms with Crippen molar-refractivity contribution in [2.75, 3.05) is 6.54 Å². The van der Waals surface area contributed by atoms with E-state index in [1.165, 1.54) is 0 Å². The summed E-state index contributed by atoms with van der Waals surface area (Å²) in [6.45, 7) is 5.19. The molecule has 2 unspecified atom stereocenters. The molecule has 1 aliphatic rings. The molecule has 6 heteroatoms. The van der Waals surface area contributed by atoms with Crippen molar-refractivity contribution in [3.8, 4) is 0 Å². The summed E-state index contributed by atoms with van der Waals surface area (Å²) in [7, 11) is 0. The molecule has 1 aromatic heterocycles. The normalized spacial score (nSPS) is 22.5. The minimum absolute atomic E-state index is 0.0182. The molecule has 21 heavy (non-hydrogen) atoms. The first-order chi connectivity index (χ1) is 10.2. The number of amides is 2. The lowest BCUT2D eigenvalue weighted by Crippen LogP contribution is -2.63. The predicted molar refractivity (Wildman–Crippen MR) is 79.5 cm³/mol. The van der Waals surface area contributed by atoms with E-state index in [2.05, 4.69) is 10.4 Å². The largest absolute Gasteiger partial charge is 0.343 e. The van der Waals surface area contributed by atoms with Crippen LogP contribution in [0.25, 0.3) is 0 Å². The first-order valence-electron chi connectivity index (χ1n) is 7.75. The summed E-state index contributed by atoms with van der Waals surface area (Å²) in [5.41, 5.74) is 0. The number of hydrogen-bond acceptors (Lipinski definition) is 3. The van der Waals surface area contributed by atoms with Gasteiger partial charge in [-0.05, 0) is 18.9 Å². The van der Waals surface area contributed by atoms with Gasteiger partial charge in [0, 0.05) is 18.9 Å². The lowest BCUT2D eigenvalue weighted by molar-refractivity contribution is -0.150. The number of piperazine rings is 1. The SMILES string of the molecule is CCCC1NC(=O)C(CCC)N(CCn2cccn2)C1=O. The third kappa shape index (κ3) is 3.62. The van der Waals surface area contributed by atoms with E-state index in [1.807, 2.05) is 26.1 Å². The summed E-state index contributed by atoms with van der Waals surface area (Å²) >= 11 is 0. The van der Waals surface area contributed by atoms with Crippen LogP contribution >= 0.6 is 0 Å². The molecule has 1 N–H and O–H groups in total. The van der Waals surface area contributed by atoms with Gasteiger partial charge in [0.05, 0.1) is 6.54 Å². The van der Waals surface area contributed by atoms with Crippen molar-refractivity contribution in [1.82, 2.24) is 20.0 Å². The minimum atomic E-state index is -0.367. The summed E-state index contributed by atoms with van der Waals surface area (Å²) in [4.78, 5) is 26.6. The second kappa shape index (κ2) is 7.24. The van der Waals surface area contributed by atoms with Crippen molar-refractivity contribution in [3.05, 3.63) is 18.5 Å². The van der Waals surface area contributed by atoms with E-state index in [0.29, 0.717) is 25.9 Å². The molecule has 116 valence electrons. The Bertz CT molecular complexity index is 472. The Labute approximate surface area is 125 Å². The van der Waals surface area contributed by atoms with Gasteiger partial charge in [-0.1, -0.05) is 26.7 Å². The van der Waals surface area contributed by atoms with Crippen molar-refractivity contribution < 1.29 is 9.59 Å². The Kier molecular flexibility index (Phi) is 5.36. The Morgan fingerprint density at radius 2 is 1.95 bits per heavy atom. The van der Waals surface area contributed by atoms with Gasteiger partial charge in [0.2, 0.25) is 11.8 Å². The van der Waals surface area contributed by atoms with Gasteiger partial charge in [-0.15, -0.1) is 0 Å². The second-order valence-electron chi connectivity index (χ2n) is 5.46. The molecular weight excluding hydrogens is 268 g/mol. The molecule has 0 radical (unpaired) electrons. The maximum atomic E-state index is 12.6. The quantitative estimate of drug-likeness (QED) is 0.820. The van der Waals surface area contributed by atoms with Crippen molar-refractivity contribution in [1.29, 1.82) is 0 Å². The average molecular weight is 292 g/mol. The summed E-state index contributed by atoms with van der Waals surface area (Å²) < 4.78 is 1.79. The fraction of sp³-hybridized carbons (Fsp3) is 0.667. The number of hydrogen-bond donors (Lipinski definition) is 1. The molecule has 1 saturated heterocycles. The van der Waals surface area contributed by atoms with Crippen molar-refractivity contribution in [2.24, 2.45) is 0 Å². The van der Waals surface area contributed by atoms with E-state index in [0.717, 1.165) is 12.8 Å². The maximum Gasteiger partial charge on any atom is 0.245 e. The summed E-state index contributed by atoms with van der Waals surface area (Å²) in [5, 5.41) is 7.02. The van der Waals surface area contributed by atoms with Crippen molar-refractivity contribution in [2.45, 2.75) is 58.2 Å². The number of rotatable bonds is 7. The topological polar surface area (TPSA) is 67.2 Å². The van der Waals surface area contributed by atoms with Crippen LogP contribution in [0, 0.1) is 0 Å². The second-order valence-corrected chi connectivity index (χ2v) is 5.46. The monoisotopic (exact) mass is 292 g/mol. The third-order valence-corrected chi connectivity index (χ3v) is 3.85. The molecular formula is C15H24N4O2. The first-order valence-corrected chi connectivity index (χ1v) is 7.75. The van der Waals surface area contributed by atoms with Gasteiger partial charge in [-0.25, -0.2) is 0 Å². The highest BCUT2D eigenvalue weighted by molar-refractivity contribution is 5.96. The van der Waals surface area contributed by atoms with Crippen LogP contribution in [0.2, 0.25) is 0 Å². The van der Waals surface area contributed by atoms with E-state index in [9.17, 15) is 9.59 Å². The number of carbonyl (C=O) groups excluding carboxylic acids is 2. The Morgan fingerprint density at radius 1 is 1.19 bits per heavy atom. The summed E-state index contributed by atoms with van der Waals surface area (Å²) in [6.07, 6.45) is 6.74. The highest BCUT2D eigenvalue weighted by atomic mass is 16.2. The van der Waals surface area contributed by atoms with Gasteiger partial charge in [0.15, 0.2) is 0 Å². The third-order valence-electron chi connectivity index (χ3n) is 3.85. The molecule has 1 aromatic rings. The zero-order valence-corrected chi connectivity index (χ0v) is 12.8. The molecule has 0 aliphatic carbocycles. The first kappa shape index (κ1) is 15.5. The van der Waals surface area contributed by atoms with Crippen LogP contribution in [0.5, 0.6) is 0 Å². The van der Waals surface area contributed by atoms with Gasteiger partial charge in [-0.2, -0.15) is 5.10 Å². The Balaban J connectivity index is 2.09. The van der Waals surface area contributed by atoms with Gasteiger partial charge < -0.3 is 10.2 Å². The Hall–Kier alpha value is -1.85. The van der Waals surface area contributed by atoms with Crippen LogP contribution < -0.4 is 5.32 Å². The Morgan fingerprint density at radius 3 is 2.57 bits per heavy atom. The van der Waals surface area contributed by atoms with Crippen molar-refractivity contribution >= 4 is 11.8 Å². The molecule has 2 rings (SSSR count). The van der Waals surface area contributed by atoms with E-state index in [1.54, 1.807) is 15.8 Å². The number of aromatic nitrogens is 2. The van der Waals surface area contributed by atoms with Crippen LogP contribution in [-0.2, 0) is 16.1 Å². The van der Waals surface area contributed by atoms with E-state index in [4.69, 9.17) is 0 Å². The van der Waals surface area contributed by atoms with E-state index >= 15 is 0 Å². The van der Waals surface area contributed by atoms with Crippen LogP contribution in [0.1, 0.15) is 39.5 Å². The standard InChI is InChI=1S/C15H24N4O2/c1-3-6-12-15(21)19(11-10-18-9-5-8-16-18)13(7-4-2)14(20)17-12/h5,8-9,12-13H,3-4,6-7,10-11H2,1-2H3,(H,17,20). The highest BCUT2D eigenvalue weighted by Crippen LogP contribution is 2.17. The molecule has 0 saturated carbocycles. The number of carbonyl (C=O) groups is 2. The van der Waals surface area contributed by atoms with E-state index in [-0.39, 0.29) is 23.9 Å². The van der Waals surface area contributed by atoms with Gasteiger partial charge in [-0.3, -0.25) is 14.3 Å². The number of nitrogens with zero attached hydrogens (tertiary/aromatic N) is 3. The summed E-state index contributed by atoms with van der Waals surface area (Å²) in [5.74, 6) is 0.0254. The van der Waals surface area contributed by atoms with Gasteiger partial charge in [0.1, 0.15) is 12.1 Å². The zero-order valence-electron chi connectivity index (χ0n) is 12.8. The minimum Gasteiger partial charge on any atom is -0.343 e. The zero-order chi connectivity index (χ0) is 15.2. The molecule has 0 aromatic carbocycles. The molecule has 2 atom stereocenters. The highest BCUT2D eigenvalue weighted by Gasteiger charge is 2.39. The smallest absolute Gasteiger partial charge is 0.245 e. The lowest BCUT2D eigenvalue weighted by Gasteiger charge is -2.39. The van der Waals surface area contributed by atoms with Crippen molar-refractivity contribution in [3.63, 3.8) is 0 Å². The molecule has 2 heterocycles. The molecule has 2 amide bonds. The fourth-order valence-electron chi connectivity index (χ4n) is 2.78. The average Bonchev–Trinajstić information content (AvgIpc) is 2.97. The number of nitrogens with one attached hydrogen (secondary N) is 1. The molecule has 6 nitrogen and oxygen atoms in total.